The molecule has 0 aliphatic carbocycles. The fraction of sp³-hybridized carbons (Fsp3) is 0.312. The molecule has 0 amide bonds. The second kappa shape index (κ2) is 6.43. The van der Waals surface area contributed by atoms with Gasteiger partial charge in [0.25, 0.3) is 0 Å². The number of anilines is 2. The molecule has 4 heteroatoms. The molecule has 1 N–H and O–H groups in total. The Labute approximate surface area is 133 Å². The SMILES string of the molecule is Ic1cccc(NC2CCN(c3ccccn3)CC2)c1. The number of hydrogen-bond donors (Lipinski definition) is 1. The van der Waals surface area contributed by atoms with E-state index >= 15 is 0 Å². The first kappa shape index (κ1) is 13.7. The van der Waals surface area contributed by atoms with Crippen LogP contribution in [0.4, 0.5) is 11.5 Å². The summed E-state index contributed by atoms with van der Waals surface area (Å²) in [5, 5.41) is 3.64. The molecule has 0 radical (unpaired) electrons. The zero-order valence-corrected chi connectivity index (χ0v) is 13.5. The Morgan fingerprint density at radius 2 is 1.95 bits per heavy atom. The van der Waals surface area contributed by atoms with Crippen molar-refractivity contribution in [3.63, 3.8) is 0 Å². The molecule has 0 atom stereocenters. The van der Waals surface area contributed by atoms with E-state index in [9.17, 15) is 0 Å². The normalized spacial score (nSPS) is 16.1. The highest BCUT2D eigenvalue weighted by Crippen LogP contribution is 2.21. The van der Waals surface area contributed by atoms with Crippen molar-refractivity contribution < 1.29 is 0 Å². The van der Waals surface area contributed by atoms with Crippen LogP contribution in [0.15, 0.2) is 48.7 Å². The summed E-state index contributed by atoms with van der Waals surface area (Å²) in [6.07, 6.45) is 4.18. The first-order valence-corrected chi connectivity index (χ1v) is 8.07. The Morgan fingerprint density at radius 3 is 2.65 bits per heavy atom. The Kier molecular flexibility index (Phi) is 4.40. The van der Waals surface area contributed by atoms with E-state index in [4.69, 9.17) is 0 Å². The number of hydrogen-bond acceptors (Lipinski definition) is 3. The molecular formula is C16H18IN3. The van der Waals surface area contributed by atoms with Gasteiger partial charge in [0.15, 0.2) is 0 Å². The van der Waals surface area contributed by atoms with E-state index in [0.29, 0.717) is 6.04 Å². The number of piperidine rings is 1. The number of pyridine rings is 1. The minimum absolute atomic E-state index is 0.563. The minimum atomic E-state index is 0.563. The van der Waals surface area contributed by atoms with Gasteiger partial charge in [-0.25, -0.2) is 4.98 Å². The van der Waals surface area contributed by atoms with Crippen molar-refractivity contribution in [2.24, 2.45) is 0 Å². The van der Waals surface area contributed by atoms with Crippen molar-refractivity contribution in [1.29, 1.82) is 0 Å². The van der Waals surface area contributed by atoms with Gasteiger partial charge >= 0.3 is 0 Å². The van der Waals surface area contributed by atoms with Crippen LogP contribution in [0.2, 0.25) is 0 Å². The lowest BCUT2D eigenvalue weighted by Gasteiger charge is -2.33. The third-order valence-electron chi connectivity index (χ3n) is 3.66. The van der Waals surface area contributed by atoms with Crippen LogP contribution >= 0.6 is 22.6 Å². The topological polar surface area (TPSA) is 28.2 Å². The van der Waals surface area contributed by atoms with Gasteiger partial charge in [-0.1, -0.05) is 12.1 Å². The average molecular weight is 379 g/mol. The van der Waals surface area contributed by atoms with Crippen molar-refractivity contribution in [2.45, 2.75) is 18.9 Å². The smallest absolute Gasteiger partial charge is 0.128 e. The standard InChI is InChI=1S/C16H18IN3/c17-13-4-3-5-15(12-13)19-14-7-10-20(11-8-14)16-6-1-2-9-18-16/h1-6,9,12,14,19H,7-8,10-11H2. The van der Waals surface area contributed by atoms with Crippen molar-refractivity contribution in [3.8, 4) is 0 Å². The van der Waals surface area contributed by atoms with E-state index in [-0.39, 0.29) is 0 Å². The van der Waals surface area contributed by atoms with E-state index in [0.717, 1.165) is 31.7 Å². The van der Waals surface area contributed by atoms with E-state index in [1.807, 2.05) is 12.3 Å². The highest BCUT2D eigenvalue weighted by molar-refractivity contribution is 14.1. The number of nitrogens with one attached hydrogen (secondary N) is 1. The lowest BCUT2D eigenvalue weighted by atomic mass is 10.0. The highest BCUT2D eigenvalue weighted by Gasteiger charge is 2.19. The van der Waals surface area contributed by atoms with Crippen molar-refractivity contribution in [1.82, 2.24) is 4.98 Å². The van der Waals surface area contributed by atoms with Gasteiger partial charge in [-0.05, 0) is 65.8 Å². The maximum Gasteiger partial charge on any atom is 0.128 e. The molecule has 104 valence electrons. The van der Waals surface area contributed by atoms with Crippen LogP contribution in [0.25, 0.3) is 0 Å². The molecule has 3 rings (SSSR count). The predicted octanol–water partition coefficient (Wildman–Crippen LogP) is 3.77. The molecule has 0 saturated carbocycles. The van der Waals surface area contributed by atoms with Crippen LogP contribution in [0.1, 0.15) is 12.8 Å². The van der Waals surface area contributed by atoms with Crippen molar-refractivity contribution in [2.75, 3.05) is 23.3 Å². The van der Waals surface area contributed by atoms with Crippen LogP contribution < -0.4 is 10.2 Å². The molecule has 1 fully saturated rings. The van der Waals surface area contributed by atoms with Crippen LogP contribution in [0.3, 0.4) is 0 Å². The Bertz CT molecular complexity index is 551. The van der Waals surface area contributed by atoms with Crippen LogP contribution in [0, 0.1) is 3.57 Å². The fourth-order valence-corrected chi connectivity index (χ4v) is 3.15. The van der Waals surface area contributed by atoms with E-state index in [2.05, 4.69) is 74.2 Å². The average Bonchev–Trinajstić information content (AvgIpc) is 2.49. The molecule has 0 unspecified atom stereocenters. The van der Waals surface area contributed by atoms with Gasteiger partial charge in [-0.15, -0.1) is 0 Å². The summed E-state index contributed by atoms with van der Waals surface area (Å²) >= 11 is 2.35. The number of nitrogens with zero attached hydrogens (tertiary/aromatic N) is 2. The first-order chi connectivity index (χ1) is 9.81. The molecule has 1 aromatic carbocycles. The summed E-state index contributed by atoms with van der Waals surface area (Å²) in [5.74, 6) is 1.10. The summed E-state index contributed by atoms with van der Waals surface area (Å²) in [7, 11) is 0. The second-order valence-corrected chi connectivity index (χ2v) is 6.35. The van der Waals surface area contributed by atoms with Crippen LogP contribution in [-0.2, 0) is 0 Å². The molecular weight excluding hydrogens is 361 g/mol. The Morgan fingerprint density at radius 1 is 1.10 bits per heavy atom. The molecule has 1 aliphatic rings. The molecule has 1 saturated heterocycles. The highest BCUT2D eigenvalue weighted by atomic mass is 127. The van der Waals surface area contributed by atoms with E-state index in [1.165, 1.54) is 9.26 Å². The van der Waals surface area contributed by atoms with Gasteiger partial charge in [0, 0.05) is 34.6 Å². The van der Waals surface area contributed by atoms with E-state index in [1.54, 1.807) is 0 Å². The zero-order chi connectivity index (χ0) is 13.8. The number of aromatic nitrogens is 1. The summed E-state index contributed by atoms with van der Waals surface area (Å²) in [4.78, 5) is 6.80. The molecule has 1 aliphatic heterocycles. The first-order valence-electron chi connectivity index (χ1n) is 6.99. The van der Waals surface area contributed by atoms with Gasteiger partial charge in [0.1, 0.15) is 5.82 Å². The van der Waals surface area contributed by atoms with Gasteiger partial charge in [-0.3, -0.25) is 0 Å². The largest absolute Gasteiger partial charge is 0.382 e. The second-order valence-electron chi connectivity index (χ2n) is 5.10. The summed E-state index contributed by atoms with van der Waals surface area (Å²) in [6, 6.07) is 15.2. The third-order valence-corrected chi connectivity index (χ3v) is 4.33. The maximum absolute atomic E-state index is 4.43. The minimum Gasteiger partial charge on any atom is -0.382 e. The van der Waals surface area contributed by atoms with Crippen molar-refractivity contribution in [3.05, 3.63) is 52.2 Å². The summed E-state index contributed by atoms with van der Waals surface area (Å²) in [5.41, 5.74) is 1.23. The number of benzene rings is 1. The van der Waals surface area contributed by atoms with Gasteiger partial charge in [0.05, 0.1) is 0 Å². The molecule has 1 aromatic heterocycles. The zero-order valence-electron chi connectivity index (χ0n) is 11.3. The fourth-order valence-electron chi connectivity index (χ4n) is 2.61. The monoisotopic (exact) mass is 379 g/mol. The van der Waals surface area contributed by atoms with Gasteiger partial charge in [0.2, 0.25) is 0 Å². The number of halogens is 1. The Hall–Kier alpha value is -1.30. The molecule has 3 nitrogen and oxygen atoms in total. The maximum atomic E-state index is 4.43. The summed E-state index contributed by atoms with van der Waals surface area (Å²) < 4.78 is 1.28. The third kappa shape index (κ3) is 3.42. The predicted molar refractivity (Wildman–Crippen MR) is 92.3 cm³/mol. The molecule has 20 heavy (non-hydrogen) atoms. The van der Waals surface area contributed by atoms with Crippen LogP contribution in [-0.4, -0.2) is 24.1 Å². The van der Waals surface area contributed by atoms with Gasteiger partial charge in [-0.2, -0.15) is 0 Å². The van der Waals surface area contributed by atoms with Crippen molar-refractivity contribution >= 4 is 34.1 Å². The Balaban J connectivity index is 1.56. The van der Waals surface area contributed by atoms with Crippen LogP contribution in [0.5, 0.6) is 0 Å². The molecule has 2 heterocycles. The molecule has 2 aromatic rings. The summed E-state index contributed by atoms with van der Waals surface area (Å²) in [6.45, 7) is 2.14. The quantitative estimate of drug-likeness (QED) is 0.824. The lowest BCUT2D eigenvalue weighted by Crippen LogP contribution is -2.39. The van der Waals surface area contributed by atoms with E-state index < -0.39 is 0 Å². The molecule has 0 bridgehead atoms. The lowest BCUT2D eigenvalue weighted by molar-refractivity contribution is 0.523. The van der Waals surface area contributed by atoms with Gasteiger partial charge < -0.3 is 10.2 Å². The number of rotatable bonds is 3. The molecule has 0 spiro atoms.